The van der Waals surface area contributed by atoms with E-state index in [0.29, 0.717) is 0 Å². The fourth-order valence-corrected chi connectivity index (χ4v) is 3.24. The van der Waals surface area contributed by atoms with Crippen LogP contribution in [0.1, 0.15) is 25.7 Å². The highest BCUT2D eigenvalue weighted by Crippen LogP contribution is 2.26. The van der Waals surface area contributed by atoms with Gasteiger partial charge in [-0.3, -0.25) is 4.98 Å². The molecule has 112 valence electrons. The van der Waals surface area contributed by atoms with Crippen LogP contribution in [0.4, 0.5) is 11.4 Å². The lowest BCUT2D eigenvalue weighted by atomic mass is 10.1. The van der Waals surface area contributed by atoms with Gasteiger partial charge in [0.15, 0.2) is 0 Å². The van der Waals surface area contributed by atoms with Crippen molar-refractivity contribution < 1.29 is 0 Å². The molecule has 1 fully saturated rings. The van der Waals surface area contributed by atoms with Crippen LogP contribution in [0.15, 0.2) is 30.5 Å². The normalized spacial score (nSPS) is 15.9. The van der Waals surface area contributed by atoms with Gasteiger partial charge in [-0.15, -0.1) is 0 Å². The van der Waals surface area contributed by atoms with Crippen LogP contribution in [-0.4, -0.2) is 36.1 Å². The second-order valence-electron chi connectivity index (χ2n) is 5.95. The molecule has 1 aromatic heterocycles. The van der Waals surface area contributed by atoms with E-state index in [0.717, 1.165) is 41.4 Å². The van der Waals surface area contributed by atoms with E-state index in [9.17, 15) is 0 Å². The minimum Gasteiger partial charge on any atom is -0.397 e. The van der Waals surface area contributed by atoms with Gasteiger partial charge >= 0.3 is 0 Å². The number of benzene rings is 1. The lowest BCUT2D eigenvalue weighted by molar-refractivity contribution is 0.255. The summed E-state index contributed by atoms with van der Waals surface area (Å²) in [6.45, 7) is 2.01. The molecule has 1 aromatic carbocycles. The van der Waals surface area contributed by atoms with Crippen molar-refractivity contribution in [3.8, 4) is 0 Å². The van der Waals surface area contributed by atoms with Gasteiger partial charge in [0.2, 0.25) is 0 Å². The summed E-state index contributed by atoms with van der Waals surface area (Å²) >= 11 is 0. The predicted molar refractivity (Wildman–Crippen MR) is 89.5 cm³/mol. The first-order valence-corrected chi connectivity index (χ1v) is 7.83. The van der Waals surface area contributed by atoms with Crippen molar-refractivity contribution in [2.24, 2.45) is 0 Å². The van der Waals surface area contributed by atoms with Crippen LogP contribution in [0.3, 0.4) is 0 Å². The van der Waals surface area contributed by atoms with Gasteiger partial charge in [-0.05, 0) is 44.2 Å². The second-order valence-corrected chi connectivity index (χ2v) is 5.95. The van der Waals surface area contributed by atoms with Gasteiger partial charge in [0.1, 0.15) is 0 Å². The zero-order valence-corrected chi connectivity index (χ0v) is 12.7. The molecule has 4 heteroatoms. The van der Waals surface area contributed by atoms with Crippen molar-refractivity contribution in [1.82, 2.24) is 9.88 Å². The van der Waals surface area contributed by atoms with Crippen molar-refractivity contribution >= 4 is 22.3 Å². The van der Waals surface area contributed by atoms with Gasteiger partial charge in [0.05, 0.1) is 11.2 Å². The number of nitrogens with two attached hydrogens (primary N) is 1. The van der Waals surface area contributed by atoms with Gasteiger partial charge in [-0.1, -0.05) is 12.8 Å². The number of nitrogens with one attached hydrogen (secondary N) is 1. The summed E-state index contributed by atoms with van der Waals surface area (Å²) in [5.41, 5.74) is 8.72. The Morgan fingerprint density at radius 2 is 2.10 bits per heavy atom. The molecule has 0 aliphatic heterocycles. The number of hydrogen-bond acceptors (Lipinski definition) is 4. The highest BCUT2D eigenvalue weighted by atomic mass is 15.1. The van der Waals surface area contributed by atoms with E-state index in [-0.39, 0.29) is 0 Å². The van der Waals surface area contributed by atoms with Crippen LogP contribution < -0.4 is 11.1 Å². The zero-order chi connectivity index (χ0) is 14.7. The molecule has 0 spiro atoms. The molecule has 1 aliphatic rings. The van der Waals surface area contributed by atoms with E-state index in [2.05, 4.69) is 34.4 Å². The Labute approximate surface area is 126 Å². The Morgan fingerprint density at radius 1 is 1.29 bits per heavy atom. The number of pyridine rings is 1. The Kier molecular flexibility index (Phi) is 4.25. The van der Waals surface area contributed by atoms with Crippen LogP contribution in [0.5, 0.6) is 0 Å². The lowest BCUT2D eigenvalue weighted by Crippen LogP contribution is -2.33. The number of anilines is 2. The molecule has 3 N–H and O–H groups in total. The molecule has 21 heavy (non-hydrogen) atoms. The molecule has 3 rings (SSSR count). The fraction of sp³-hybridized carbons (Fsp3) is 0.471. The summed E-state index contributed by atoms with van der Waals surface area (Å²) in [5, 5.41) is 4.63. The lowest BCUT2D eigenvalue weighted by Gasteiger charge is -2.24. The number of nitrogens with zero attached hydrogens (tertiary/aromatic N) is 2. The van der Waals surface area contributed by atoms with Crippen molar-refractivity contribution in [3.05, 3.63) is 30.5 Å². The third-order valence-electron chi connectivity index (χ3n) is 4.53. The maximum absolute atomic E-state index is 5.99. The highest BCUT2D eigenvalue weighted by Gasteiger charge is 2.18. The van der Waals surface area contributed by atoms with Gasteiger partial charge in [-0.25, -0.2) is 0 Å². The van der Waals surface area contributed by atoms with Gasteiger partial charge in [0.25, 0.3) is 0 Å². The van der Waals surface area contributed by atoms with Gasteiger partial charge in [-0.2, -0.15) is 0 Å². The quantitative estimate of drug-likeness (QED) is 0.828. The predicted octanol–water partition coefficient (Wildman–Crippen LogP) is 3.10. The molecule has 0 radical (unpaired) electrons. The van der Waals surface area contributed by atoms with E-state index in [4.69, 9.17) is 5.73 Å². The summed E-state index contributed by atoms with van der Waals surface area (Å²) in [7, 11) is 2.24. The van der Waals surface area contributed by atoms with Crippen LogP contribution in [0.2, 0.25) is 0 Å². The first kappa shape index (κ1) is 14.1. The molecule has 4 nitrogen and oxygen atoms in total. The van der Waals surface area contributed by atoms with Crippen molar-refractivity contribution in [3.63, 3.8) is 0 Å². The fourth-order valence-electron chi connectivity index (χ4n) is 3.24. The molecule has 0 amide bonds. The average molecular weight is 284 g/mol. The summed E-state index contributed by atoms with van der Waals surface area (Å²) in [6.07, 6.45) is 7.26. The number of aromatic nitrogens is 1. The summed E-state index contributed by atoms with van der Waals surface area (Å²) in [5.74, 6) is 0. The SMILES string of the molecule is CN(CCNc1ccc(N)c2ncccc12)C1CCCC1. The molecule has 1 heterocycles. The van der Waals surface area contributed by atoms with Crippen LogP contribution in [0.25, 0.3) is 10.9 Å². The van der Waals surface area contributed by atoms with E-state index < -0.39 is 0 Å². The van der Waals surface area contributed by atoms with E-state index in [1.54, 1.807) is 6.20 Å². The number of likely N-dealkylation sites (N-methyl/N-ethyl adjacent to an activating group) is 1. The Balaban J connectivity index is 1.64. The van der Waals surface area contributed by atoms with Crippen molar-refractivity contribution in [1.29, 1.82) is 0 Å². The smallest absolute Gasteiger partial charge is 0.0951 e. The summed E-state index contributed by atoms with van der Waals surface area (Å²) in [6, 6.07) is 8.78. The number of rotatable bonds is 5. The van der Waals surface area contributed by atoms with Crippen molar-refractivity contribution in [2.45, 2.75) is 31.7 Å². The molecule has 0 bridgehead atoms. The van der Waals surface area contributed by atoms with Crippen LogP contribution in [-0.2, 0) is 0 Å². The first-order chi connectivity index (χ1) is 10.3. The molecular weight excluding hydrogens is 260 g/mol. The topological polar surface area (TPSA) is 54.2 Å². The second kappa shape index (κ2) is 6.31. The maximum Gasteiger partial charge on any atom is 0.0951 e. The number of nitrogen functional groups attached to an aromatic ring is 1. The van der Waals surface area contributed by atoms with E-state index in [1.807, 2.05) is 12.1 Å². The summed E-state index contributed by atoms with van der Waals surface area (Å²) < 4.78 is 0. The summed E-state index contributed by atoms with van der Waals surface area (Å²) in [4.78, 5) is 6.86. The molecule has 0 unspecified atom stereocenters. The zero-order valence-electron chi connectivity index (χ0n) is 12.7. The first-order valence-electron chi connectivity index (χ1n) is 7.83. The number of fused-ring (bicyclic) bond motifs is 1. The molecule has 2 aromatic rings. The number of hydrogen-bond donors (Lipinski definition) is 2. The highest BCUT2D eigenvalue weighted by molar-refractivity contribution is 5.98. The molecule has 0 atom stereocenters. The van der Waals surface area contributed by atoms with Crippen LogP contribution >= 0.6 is 0 Å². The standard InChI is InChI=1S/C17H24N4/c1-21(13-5-2-3-6-13)12-11-19-16-9-8-15(18)17-14(16)7-4-10-20-17/h4,7-10,13,19H,2-3,5-6,11-12,18H2,1H3. The Bertz CT molecular complexity index is 605. The molecule has 1 saturated carbocycles. The van der Waals surface area contributed by atoms with Crippen LogP contribution in [0, 0.1) is 0 Å². The molecular formula is C17H24N4. The Morgan fingerprint density at radius 3 is 2.90 bits per heavy atom. The van der Waals surface area contributed by atoms with Gasteiger partial charge < -0.3 is 16.0 Å². The molecule has 1 aliphatic carbocycles. The third kappa shape index (κ3) is 3.10. The maximum atomic E-state index is 5.99. The van der Waals surface area contributed by atoms with E-state index >= 15 is 0 Å². The molecule has 0 saturated heterocycles. The monoisotopic (exact) mass is 284 g/mol. The minimum absolute atomic E-state index is 0.735. The average Bonchev–Trinajstić information content (AvgIpc) is 3.04. The van der Waals surface area contributed by atoms with Gasteiger partial charge in [0, 0.05) is 36.4 Å². The minimum atomic E-state index is 0.735. The third-order valence-corrected chi connectivity index (χ3v) is 4.53. The van der Waals surface area contributed by atoms with E-state index in [1.165, 1.54) is 25.7 Å². The Hall–Kier alpha value is -1.81. The van der Waals surface area contributed by atoms with Crippen molar-refractivity contribution in [2.75, 3.05) is 31.2 Å². The largest absolute Gasteiger partial charge is 0.397 e.